The van der Waals surface area contributed by atoms with E-state index >= 15 is 0 Å². The van der Waals surface area contributed by atoms with Gasteiger partial charge in [-0.05, 0) is 26.2 Å². The van der Waals surface area contributed by atoms with E-state index in [0.29, 0.717) is 18.2 Å². The third-order valence-electron chi connectivity index (χ3n) is 4.25. The number of nitrogens with one attached hydrogen (secondary N) is 1. The second-order valence-corrected chi connectivity index (χ2v) is 5.93. The van der Waals surface area contributed by atoms with E-state index in [-0.39, 0.29) is 17.9 Å². The molecule has 104 valence electrons. The molecule has 1 amide bonds. The van der Waals surface area contributed by atoms with Gasteiger partial charge < -0.3 is 9.84 Å². The van der Waals surface area contributed by atoms with E-state index in [1.54, 1.807) is 0 Å². The Hall–Kier alpha value is -1.39. The number of carbonyl (C=O) groups is 1. The van der Waals surface area contributed by atoms with Gasteiger partial charge in [0.1, 0.15) is 0 Å². The Kier molecular flexibility index (Phi) is 3.53. The van der Waals surface area contributed by atoms with Crippen molar-refractivity contribution in [3.05, 3.63) is 11.7 Å². The molecule has 1 aliphatic carbocycles. The van der Waals surface area contributed by atoms with Gasteiger partial charge in [0.2, 0.25) is 11.8 Å². The van der Waals surface area contributed by atoms with Gasteiger partial charge in [0.25, 0.3) is 0 Å². The highest BCUT2D eigenvalue weighted by Crippen LogP contribution is 2.33. The van der Waals surface area contributed by atoms with Gasteiger partial charge in [-0.15, -0.1) is 0 Å². The highest BCUT2D eigenvalue weighted by Gasteiger charge is 2.30. The lowest BCUT2D eigenvalue weighted by atomic mass is 9.88. The molecule has 1 aromatic heterocycles. The number of carbonyl (C=O) groups excluding carboxylic acids is 1. The number of piperidine rings is 1. The Morgan fingerprint density at radius 1 is 1.21 bits per heavy atom. The molecule has 2 heterocycles. The molecule has 1 N–H and O–H groups in total. The fraction of sp³-hybridized carbons (Fsp3) is 0.786. The van der Waals surface area contributed by atoms with Crippen LogP contribution in [0, 0.1) is 0 Å². The molecule has 1 aromatic rings. The zero-order valence-electron chi connectivity index (χ0n) is 11.4. The summed E-state index contributed by atoms with van der Waals surface area (Å²) < 4.78 is 5.41. The third-order valence-corrected chi connectivity index (χ3v) is 4.25. The molecule has 0 unspecified atom stereocenters. The van der Waals surface area contributed by atoms with E-state index in [2.05, 4.69) is 15.5 Å². The van der Waals surface area contributed by atoms with Crippen molar-refractivity contribution < 1.29 is 9.32 Å². The molecule has 0 spiro atoms. The van der Waals surface area contributed by atoms with Crippen LogP contribution in [0.1, 0.15) is 75.4 Å². The molecule has 5 nitrogen and oxygen atoms in total. The molecule has 2 fully saturated rings. The fourth-order valence-electron chi connectivity index (χ4n) is 3.25. The summed E-state index contributed by atoms with van der Waals surface area (Å²) in [4.78, 5) is 16.1. The minimum Gasteiger partial charge on any atom is -0.354 e. The van der Waals surface area contributed by atoms with E-state index in [1.165, 1.54) is 32.1 Å². The van der Waals surface area contributed by atoms with E-state index in [0.717, 1.165) is 12.2 Å². The summed E-state index contributed by atoms with van der Waals surface area (Å²) in [6, 6.07) is 0.191. The Morgan fingerprint density at radius 2 is 2.00 bits per heavy atom. The Morgan fingerprint density at radius 3 is 2.74 bits per heavy atom. The summed E-state index contributed by atoms with van der Waals surface area (Å²) in [6.45, 7) is 2.02. The molecule has 2 aliphatic rings. The van der Waals surface area contributed by atoms with Crippen LogP contribution in [0.2, 0.25) is 0 Å². The maximum Gasteiger partial charge on any atom is 0.230 e. The number of nitrogens with zero attached hydrogens (tertiary/aromatic N) is 2. The molecular formula is C14H21N3O2. The lowest BCUT2D eigenvalue weighted by Gasteiger charge is -2.24. The summed E-state index contributed by atoms with van der Waals surface area (Å²) in [5.74, 6) is 2.14. The van der Waals surface area contributed by atoms with E-state index in [4.69, 9.17) is 4.52 Å². The first-order chi connectivity index (χ1) is 9.22. The quantitative estimate of drug-likeness (QED) is 0.890. The van der Waals surface area contributed by atoms with E-state index in [1.807, 2.05) is 6.92 Å². The summed E-state index contributed by atoms with van der Waals surface area (Å²) in [5, 5.41) is 7.07. The summed E-state index contributed by atoms with van der Waals surface area (Å²) in [6.07, 6.45) is 7.53. The van der Waals surface area contributed by atoms with Gasteiger partial charge in [-0.1, -0.05) is 24.4 Å². The minimum absolute atomic E-state index is 0.0844. The fourth-order valence-corrected chi connectivity index (χ4v) is 3.25. The van der Waals surface area contributed by atoms with E-state index < -0.39 is 0 Å². The zero-order chi connectivity index (χ0) is 13.2. The molecule has 0 radical (unpaired) electrons. The van der Waals surface area contributed by atoms with Crippen LogP contribution in [0.15, 0.2) is 4.52 Å². The monoisotopic (exact) mass is 263 g/mol. The highest BCUT2D eigenvalue weighted by molar-refractivity contribution is 5.77. The average Bonchev–Trinajstić information content (AvgIpc) is 2.88. The summed E-state index contributed by atoms with van der Waals surface area (Å²) in [5.41, 5.74) is 0. The van der Waals surface area contributed by atoms with Gasteiger partial charge in [0.05, 0.1) is 0 Å². The van der Waals surface area contributed by atoms with Crippen molar-refractivity contribution in [2.24, 2.45) is 0 Å². The van der Waals surface area contributed by atoms with Crippen LogP contribution in [0.5, 0.6) is 0 Å². The molecule has 2 atom stereocenters. The molecule has 1 saturated carbocycles. The minimum atomic E-state index is 0.0844. The van der Waals surface area contributed by atoms with Crippen LogP contribution in [0.25, 0.3) is 0 Å². The predicted octanol–water partition coefficient (Wildman–Crippen LogP) is 2.50. The van der Waals surface area contributed by atoms with Gasteiger partial charge in [0, 0.05) is 24.3 Å². The third kappa shape index (κ3) is 2.80. The highest BCUT2D eigenvalue weighted by atomic mass is 16.5. The maximum atomic E-state index is 11.6. The van der Waals surface area contributed by atoms with Crippen LogP contribution in [-0.2, 0) is 4.79 Å². The molecule has 0 bridgehead atoms. The predicted molar refractivity (Wildman–Crippen MR) is 69.7 cm³/mol. The number of amides is 1. The van der Waals surface area contributed by atoms with Crippen LogP contribution >= 0.6 is 0 Å². The zero-order valence-corrected chi connectivity index (χ0v) is 11.4. The van der Waals surface area contributed by atoms with Crippen molar-refractivity contribution in [2.75, 3.05) is 0 Å². The van der Waals surface area contributed by atoms with Crippen LogP contribution in [0.4, 0.5) is 0 Å². The average molecular weight is 263 g/mol. The van der Waals surface area contributed by atoms with Crippen molar-refractivity contribution in [2.45, 2.75) is 69.7 Å². The van der Waals surface area contributed by atoms with Gasteiger partial charge in [0.15, 0.2) is 5.82 Å². The molecule has 1 aliphatic heterocycles. The first kappa shape index (κ1) is 12.6. The van der Waals surface area contributed by atoms with Gasteiger partial charge >= 0.3 is 0 Å². The van der Waals surface area contributed by atoms with Crippen LogP contribution in [-0.4, -0.2) is 22.1 Å². The summed E-state index contributed by atoms with van der Waals surface area (Å²) >= 11 is 0. The van der Waals surface area contributed by atoms with Gasteiger partial charge in [-0.25, -0.2) is 0 Å². The maximum absolute atomic E-state index is 11.6. The first-order valence-electron chi connectivity index (χ1n) is 7.35. The molecular weight excluding hydrogens is 242 g/mol. The molecule has 19 heavy (non-hydrogen) atoms. The van der Waals surface area contributed by atoms with Crippen LogP contribution < -0.4 is 5.32 Å². The number of hydrogen-bond donors (Lipinski definition) is 1. The van der Waals surface area contributed by atoms with Crippen LogP contribution in [0.3, 0.4) is 0 Å². The summed E-state index contributed by atoms with van der Waals surface area (Å²) in [7, 11) is 0. The van der Waals surface area contributed by atoms with Gasteiger partial charge in [-0.3, -0.25) is 4.79 Å². The van der Waals surface area contributed by atoms with E-state index in [9.17, 15) is 4.79 Å². The van der Waals surface area contributed by atoms with Crippen molar-refractivity contribution in [3.8, 4) is 0 Å². The lowest BCUT2D eigenvalue weighted by Crippen LogP contribution is -2.39. The van der Waals surface area contributed by atoms with Crippen molar-refractivity contribution in [1.29, 1.82) is 0 Å². The molecule has 1 saturated heterocycles. The number of hydrogen-bond acceptors (Lipinski definition) is 4. The van der Waals surface area contributed by atoms with Crippen molar-refractivity contribution in [1.82, 2.24) is 15.5 Å². The normalized spacial score (nSPS) is 29.2. The smallest absolute Gasteiger partial charge is 0.230 e. The Labute approximate surface area is 113 Å². The topological polar surface area (TPSA) is 68.0 Å². The van der Waals surface area contributed by atoms with Crippen molar-refractivity contribution in [3.63, 3.8) is 0 Å². The second kappa shape index (κ2) is 5.31. The second-order valence-electron chi connectivity index (χ2n) is 5.93. The number of rotatable bonds is 2. The lowest BCUT2D eigenvalue weighted by molar-refractivity contribution is -0.123. The van der Waals surface area contributed by atoms with Gasteiger partial charge in [-0.2, -0.15) is 4.98 Å². The molecule has 0 aromatic carbocycles. The Bertz CT molecular complexity index is 451. The first-order valence-corrected chi connectivity index (χ1v) is 7.35. The molecule has 5 heteroatoms. The Balaban J connectivity index is 1.71. The largest absolute Gasteiger partial charge is 0.354 e. The van der Waals surface area contributed by atoms with Crippen molar-refractivity contribution >= 4 is 5.91 Å². The number of aromatic nitrogens is 2. The molecule has 3 rings (SSSR count). The standard InChI is InChI=1S/C14H21N3O2/c1-9-7-11(8-12(18)15-9)14-16-13(17-19-14)10-5-3-2-4-6-10/h9-11H,2-8H2,1H3,(H,15,18)/t9-,11-/m1/s1. The SMILES string of the molecule is C[C@@H]1C[C@@H](c2nc(C3CCCCC3)no2)CC(=O)N1.